The van der Waals surface area contributed by atoms with Gasteiger partial charge in [0.05, 0.1) is 7.11 Å². The molecule has 0 radical (unpaired) electrons. The second-order valence-electron chi connectivity index (χ2n) is 5.12. The van der Waals surface area contributed by atoms with Gasteiger partial charge >= 0.3 is 0 Å². The first-order chi connectivity index (χ1) is 10.1. The van der Waals surface area contributed by atoms with Crippen molar-refractivity contribution in [3.05, 3.63) is 64.7 Å². The monoisotopic (exact) mass is 301 g/mol. The van der Waals surface area contributed by atoms with Gasteiger partial charge in [0, 0.05) is 22.2 Å². The molecule has 0 bridgehead atoms. The number of benzene rings is 2. The highest BCUT2D eigenvalue weighted by atomic mass is 35.5. The third-order valence-corrected chi connectivity index (χ3v) is 3.94. The van der Waals surface area contributed by atoms with Crippen molar-refractivity contribution in [3.8, 4) is 5.75 Å². The Kier molecular flexibility index (Phi) is 5.40. The number of methoxy groups -OCH3 is 1. The molecule has 1 atom stereocenters. The highest BCUT2D eigenvalue weighted by Gasteiger charge is 2.16. The average Bonchev–Trinajstić information content (AvgIpc) is 2.52. The summed E-state index contributed by atoms with van der Waals surface area (Å²) in [5, 5.41) is 9.00. The Balaban J connectivity index is 2.07. The first-order valence-corrected chi connectivity index (χ1v) is 7.44. The van der Waals surface area contributed by atoms with Crippen LogP contribution in [0.2, 0.25) is 5.02 Å². The van der Waals surface area contributed by atoms with Crippen molar-refractivity contribution in [2.75, 3.05) is 7.11 Å². The van der Waals surface area contributed by atoms with Crippen LogP contribution in [0.5, 0.6) is 5.75 Å². The lowest BCUT2D eigenvalue weighted by Crippen LogP contribution is -2.10. The first kappa shape index (κ1) is 15.6. The Morgan fingerprint density at radius 3 is 2.57 bits per heavy atom. The van der Waals surface area contributed by atoms with Gasteiger partial charge in [-0.15, -0.1) is 0 Å². The van der Waals surface area contributed by atoms with Crippen molar-refractivity contribution < 1.29 is 4.74 Å². The molecule has 0 heterocycles. The van der Waals surface area contributed by atoms with Gasteiger partial charge in [0.25, 0.3) is 0 Å². The molecule has 0 aliphatic carbocycles. The number of halogens is 1. The van der Waals surface area contributed by atoms with Gasteiger partial charge in [0.2, 0.25) is 0 Å². The van der Waals surface area contributed by atoms with E-state index < -0.39 is 0 Å². The lowest BCUT2D eigenvalue weighted by atomic mass is 9.91. The quantitative estimate of drug-likeness (QED) is 0.739. The zero-order chi connectivity index (χ0) is 15.2. The highest BCUT2D eigenvalue weighted by molar-refractivity contribution is 6.30. The highest BCUT2D eigenvalue weighted by Crippen LogP contribution is 2.30. The van der Waals surface area contributed by atoms with Crippen LogP contribution in [0.4, 0.5) is 0 Å². The summed E-state index contributed by atoms with van der Waals surface area (Å²) in [5.74, 6) is 0.790. The summed E-state index contributed by atoms with van der Waals surface area (Å²) in [7, 11) is 1.65. The van der Waals surface area contributed by atoms with E-state index in [4.69, 9.17) is 21.7 Å². The third-order valence-electron chi connectivity index (χ3n) is 3.71. The molecule has 2 rings (SSSR count). The number of nitrogens with one attached hydrogen (secondary N) is 1. The lowest BCUT2D eigenvalue weighted by Gasteiger charge is -2.17. The maximum Gasteiger partial charge on any atom is 0.122 e. The molecular formula is C18H20ClNO. The fourth-order valence-electron chi connectivity index (χ4n) is 2.37. The Labute approximate surface area is 131 Å². The minimum absolute atomic E-state index is 0.00219. The van der Waals surface area contributed by atoms with Crippen LogP contribution in [-0.4, -0.2) is 12.8 Å². The van der Waals surface area contributed by atoms with Gasteiger partial charge in [-0.3, -0.25) is 0 Å². The maximum absolute atomic E-state index is 8.33. The Bertz CT molecular complexity index is 610. The molecule has 2 nitrogen and oxygen atoms in total. The molecule has 2 aromatic rings. The molecule has 0 amide bonds. The topological polar surface area (TPSA) is 33.1 Å². The minimum Gasteiger partial charge on any atom is -0.496 e. The molecule has 2 aromatic carbocycles. The largest absolute Gasteiger partial charge is 0.496 e. The molecular weight excluding hydrogens is 282 g/mol. The molecule has 1 N–H and O–H groups in total. The van der Waals surface area contributed by atoms with Gasteiger partial charge in [-0.1, -0.05) is 48.9 Å². The summed E-state index contributed by atoms with van der Waals surface area (Å²) in [6.07, 6.45) is 1.62. The second-order valence-corrected chi connectivity index (χ2v) is 5.56. The summed E-state index contributed by atoms with van der Waals surface area (Å²) in [5.41, 5.74) is 2.93. The van der Waals surface area contributed by atoms with Gasteiger partial charge in [-0.2, -0.15) is 0 Å². The summed E-state index contributed by atoms with van der Waals surface area (Å²) < 4.78 is 5.38. The zero-order valence-corrected chi connectivity index (χ0v) is 13.2. The smallest absolute Gasteiger partial charge is 0.122 e. The second kappa shape index (κ2) is 7.28. The maximum atomic E-state index is 8.33. The molecule has 0 aliphatic heterocycles. The fraction of sp³-hybridized carbons (Fsp3) is 0.278. The van der Waals surface area contributed by atoms with E-state index >= 15 is 0 Å². The normalized spacial score (nSPS) is 12.0. The zero-order valence-electron chi connectivity index (χ0n) is 12.4. The number of rotatable bonds is 6. The van der Waals surface area contributed by atoms with Gasteiger partial charge in [-0.25, -0.2) is 0 Å². The minimum atomic E-state index is 0.00219. The number of ether oxygens (including phenoxy) is 1. The van der Waals surface area contributed by atoms with E-state index in [1.54, 1.807) is 7.11 Å². The van der Waals surface area contributed by atoms with Crippen LogP contribution in [0, 0.1) is 5.41 Å². The van der Waals surface area contributed by atoms with Crippen LogP contribution in [0.1, 0.15) is 30.4 Å². The van der Waals surface area contributed by atoms with E-state index in [-0.39, 0.29) is 5.92 Å². The fourth-order valence-corrected chi connectivity index (χ4v) is 2.55. The van der Waals surface area contributed by atoms with Crippen LogP contribution >= 0.6 is 11.6 Å². The van der Waals surface area contributed by atoms with E-state index in [1.165, 1.54) is 5.56 Å². The van der Waals surface area contributed by atoms with Gasteiger partial charge in [0.15, 0.2) is 0 Å². The predicted octanol–water partition coefficient (Wildman–Crippen LogP) is 5.10. The summed E-state index contributed by atoms with van der Waals surface area (Å²) >= 11 is 6.07. The van der Waals surface area contributed by atoms with Gasteiger partial charge in [0.1, 0.15) is 5.75 Å². The van der Waals surface area contributed by atoms with E-state index in [1.807, 2.05) is 43.3 Å². The van der Waals surface area contributed by atoms with Gasteiger partial charge < -0.3 is 10.1 Å². The SMILES string of the molecule is COc1ccc(Cl)cc1C(C)C(=N)CCc1ccccc1. The number of hydrogen-bond donors (Lipinski definition) is 1. The molecule has 1 unspecified atom stereocenters. The molecule has 21 heavy (non-hydrogen) atoms. The van der Waals surface area contributed by atoms with Crippen molar-refractivity contribution in [2.45, 2.75) is 25.7 Å². The average molecular weight is 302 g/mol. The van der Waals surface area contributed by atoms with Crippen LogP contribution in [0.15, 0.2) is 48.5 Å². The van der Waals surface area contributed by atoms with Crippen molar-refractivity contribution >= 4 is 17.3 Å². The molecule has 0 aliphatic rings. The molecule has 0 saturated carbocycles. The Hall–Kier alpha value is -1.80. The molecule has 0 spiro atoms. The van der Waals surface area contributed by atoms with Crippen molar-refractivity contribution in [3.63, 3.8) is 0 Å². The van der Waals surface area contributed by atoms with E-state index in [9.17, 15) is 0 Å². The van der Waals surface area contributed by atoms with Crippen molar-refractivity contribution in [1.29, 1.82) is 5.41 Å². The molecule has 0 aromatic heterocycles. The molecule has 3 heteroatoms. The van der Waals surface area contributed by atoms with E-state index in [0.29, 0.717) is 10.7 Å². The predicted molar refractivity (Wildman–Crippen MR) is 88.9 cm³/mol. The number of hydrogen-bond acceptors (Lipinski definition) is 2. The van der Waals surface area contributed by atoms with Crippen LogP contribution < -0.4 is 4.74 Å². The molecule has 0 saturated heterocycles. The van der Waals surface area contributed by atoms with E-state index in [2.05, 4.69) is 12.1 Å². The lowest BCUT2D eigenvalue weighted by molar-refractivity contribution is 0.409. The van der Waals surface area contributed by atoms with E-state index in [0.717, 1.165) is 24.2 Å². The summed E-state index contributed by atoms with van der Waals surface area (Å²) in [6.45, 7) is 2.03. The standard InChI is InChI=1S/C18H20ClNO/c1-13(16-12-15(19)9-11-18(16)21-2)17(20)10-8-14-6-4-3-5-7-14/h3-7,9,11-13,20H,8,10H2,1-2H3. The van der Waals surface area contributed by atoms with Crippen molar-refractivity contribution in [1.82, 2.24) is 0 Å². The van der Waals surface area contributed by atoms with Crippen LogP contribution in [0.3, 0.4) is 0 Å². The summed E-state index contributed by atoms with van der Waals surface area (Å²) in [6, 6.07) is 15.8. The van der Waals surface area contributed by atoms with Crippen LogP contribution in [-0.2, 0) is 6.42 Å². The van der Waals surface area contributed by atoms with Crippen LogP contribution in [0.25, 0.3) is 0 Å². The van der Waals surface area contributed by atoms with Gasteiger partial charge in [-0.05, 0) is 36.6 Å². The Morgan fingerprint density at radius 1 is 1.19 bits per heavy atom. The third kappa shape index (κ3) is 4.08. The number of aryl methyl sites for hydroxylation is 1. The molecule has 110 valence electrons. The first-order valence-electron chi connectivity index (χ1n) is 7.06. The Morgan fingerprint density at radius 2 is 1.90 bits per heavy atom. The molecule has 0 fully saturated rings. The summed E-state index contributed by atoms with van der Waals surface area (Å²) in [4.78, 5) is 0. The van der Waals surface area contributed by atoms with Crippen molar-refractivity contribution in [2.24, 2.45) is 0 Å².